The summed E-state index contributed by atoms with van der Waals surface area (Å²) >= 11 is 5.97. The second kappa shape index (κ2) is 17.6. The van der Waals surface area contributed by atoms with Gasteiger partial charge in [-0.3, -0.25) is 28.8 Å². The van der Waals surface area contributed by atoms with Crippen LogP contribution in [0.25, 0.3) is 0 Å². The van der Waals surface area contributed by atoms with Gasteiger partial charge < -0.3 is 41.1 Å². The van der Waals surface area contributed by atoms with Gasteiger partial charge in [-0.1, -0.05) is 48.4 Å². The third-order valence-corrected chi connectivity index (χ3v) is 11.7. The lowest BCUT2D eigenvalue weighted by Crippen LogP contribution is -2.61. The lowest BCUT2D eigenvalue weighted by atomic mass is 9.99. The fraction of sp³-hybridized carbons (Fsp3) is 0.537. The molecule has 0 radical (unpaired) electrons. The fourth-order valence-corrected chi connectivity index (χ4v) is 8.67. The minimum atomic E-state index is -1.42. The SMILES string of the molecule is Cc1cccc(C[C@H](NC(=O)Nc2ccc(Cl)cc2)C(=O)N[C@@H](CO)C(=O)N2CCC[C@H]2C(=O)N2CCCC[C@H]2C(=O)N[C@@H](C)C(=O)N2C[C@H](C)C[C@]23CC3=O)c1. The molecule has 0 unspecified atom stereocenters. The molecule has 2 aromatic rings. The fourth-order valence-electron chi connectivity index (χ4n) is 8.54. The summed E-state index contributed by atoms with van der Waals surface area (Å²) < 4.78 is 0. The average molecular weight is 806 g/mol. The Labute approximate surface area is 337 Å². The average Bonchev–Trinajstić information content (AvgIpc) is 3.47. The van der Waals surface area contributed by atoms with Crippen LogP contribution in [0.4, 0.5) is 10.5 Å². The Kier molecular flexibility index (Phi) is 12.9. The van der Waals surface area contributed by atoms with Gasteiger partial charge in [0.2, 0.25) is 29.5 Å². The Bertz CT molecular complexity index is 1890. The summed E-state index contributed by atoms with van der Waals surface area (Å²) in [5.74, 6) is -2.38. The van der Waals surface area contributed by atoms with E-state index < -0.39 is 72.0 Å². The van der Waals surface area contributed by atoms with E-state index in [0.717, 1.165) is 11.1 Å². The normalized spacial score (nSPS) is 24.4. The maximum absolute atomic E-state index is 14.2. The van der Waals surface area contributed by atoms with Crippen molar-refractivity contribution in [1.29, 1.82) is 0 Å². The standard InChI is InChI=1S/C41H52ClN7O8/c1-24-8-6-9-27(18-24)19-30(46-40(57)44-29-14-12-28(42)13-15-29)35(52)45-31(23-50)38(55)48-17-7-11-33(48)39(56)47-16-5-4-10-32(47)36(53)43-26(3)37(54)49-22-25(2)20-41(49)21-34(41)51/h6,8-9,12-15,18,25-26,30-33,50H,4-5,7,10-11,16-17,19-23H2,1-3H3,(H,43,53)(H,45,52)(H2,44,46,57)/t25-,26+,30+,31+,32+,33+,41-/m1/s1. The molecule has 57 heavy (non-hydrogen) atoms. The largest absolute Gasteiger partial charge is 0.394 e. The number of hydrogen-bond acceptors (Lipinski definition) is 8. The van der Waals surface area contributed by atoms with Crippen molar-refractivity contribution in [2.75, 3.05) is 31.6 Å². The van der Waals surface area contributed by atoms with Gasteiger partial charge in [0.15, 0.2) is 5.78 Å². The molecule has 0 bridgehead atoms. The van der Waals surface area contributed by atoms with Crippen molar-refractivity contribution in [1.82, 2.24) is 30.7 Å². The monoisotopic (exact) mass is 805 g/mol. The molecule has 4 aliphatic rings. The highest BCUT2D eigenvalue weighted by Gasteiger charge is 2.63. The molecule has 1 aliphatic carbocycles. The van der Waals surface area contributed by atoms with E-state index in [-0.39, 0.29) is 37.1 Å². The van der Waals surface area contributed by atoms with Crippen molar-refractivity contribution in [2.24, 2.45) is 5.92 Å². The predicted octanol–water partition coefficient (Wildman–Crippen LogP) is 2.32. The predicted molar refractivity (Wildman–Crippen MR) is 211 cm³/mol. The molecule has 306 valence electrons. The summed E-state index contributed by atoms with van der Waals surface area (Å²) in [4.78, 5) is 99.0. The van der Waals surface area contributed by atoms with Gasteiger partial charge in [0.05, 0.1) is 6.61 Å². The number of hydrogen-bond donors (Lipinski definition) is 5. The van der Waals surface area contributed by atoms with Crippen LogP contribution >= 0.6 is 11.6 Å². The molecular weight excluding hydrogens is 754 g/mol. The Hall–Kier alpha value is -5.02. The summed E-state index contributed by atoms with van der Waals surface area (Å²) in [5, 5.41) is 21.6. The lowest BCUT2D eigenvalue weighted by Gasteiger charge is -2.39. The van der Waals surface area contributed by atoms with E-state index >= 15 is 0 Å². The quantitative estimate of drug-likeness (QED) is 0.216. The van der Waals surface area contributed by atoms with E-state index in [4.69, 9.17) is 11.6 Å². The number of anilines is 1. The number of carbonyl (C=O) groups is 7. The molecule has 15 nitrogen and oxygen atoms in total. The van der Waals surface area contributed by atoms with Crippen LogP contribution in [0.1, 0.15) is 69.9 Å². The number of carbonyl (C=O) groups excluding carboxylic acids is 7. The van der Waals surface area contributed by atoms with E-state index in [9.17, 15) is 38.7 Å². The molecule has 4 fully saturated rings. The number of piperidine rings is 1. The first-order chi connectivity index (χ1) is 27.2. The molecule has 3 saturated heterocycles. The van der Waals surface area contributed by atoms with Crippen LogP contribution in [0.3, 0.4) is 0 Å². The number of aryl methyl sites for hydroxylation is 1. The van der Waals surface area contributed by atoms with Crippen LogP contribution in [0.15, 0.2) is 48.5 Å². The Morgan fingerprint density at radius 2 is 1.60 bits per heavy atom. The topological polar surface area (TPSA) is 198 Å². The van der Waals surface area contributed by atoms with Crippen molar-refractivity contribution in [2.45, 2.75) is 108 Å². The van der Waals surface area contributed by atoms with E-state index in [0.29, 0.717) is 62.2 Å². The maximum Gasteiger partial charge on any atom is 0.319 e. The molecule has 1 saturated carbocycles. The number of benzene rings is 2. The number of likely N-dealkylation sites (tertiary alicyclic amines) is 3. The first-order valence-corrected chi connectivity index (χ1v) is 20.1. The number of halogens is 1. The lowest BCUT2D eigenvalue weighted by molar-refractivity contribution is -0.151. The number of amides is 7. The molecule has 6 rings (SSSR count). The zero-order chi connectivity index (χ0) is 41.0. The highest BCUT2D eigenvalue weighted by molar-refractivity contribution is 6.30. The second-order valence-corrected chi connectivity index (χ2v) is 16.4. The van der Waals surface area contributed by atoms with Crippen molar-refractivity contribution < 1.29 is 38.7 Å². The Balaban J connectivity index is 1.11. The van der Waals surface area contributed by atoms with Gasteiger partial charge in [0.1, 0.15) is 35.7 Å². The van der Waals surface area contributed by atoms with Crippen LogP contribution in [0.2, 0.25) is 5.02 Å². The minimum Gasteiger partial charge on any atom is -0.394 e. The summed E-state index contributed by atoms with van der Waals surface area (Å²) in [6.45, 7) is 5.64. The summed E-state index contributed by atoms with van der Waals surface area (Å²) in [6, 6.07) is 7.89. The number of urea groups is 1. The molecule has 7 atom stereocenters. The number of nitrogens with one attached hydrogen (secondary N) is 4. The van der Waals surface area contributed by atoms with Gasteiger partial charge in [-0.15, -0.1) is 0 Å². The van der Waals surface area contributed by atoms with Gasteiger partial charge >= 0.3 is 6.03 Å². The second-order valence-electron chi connectivity index (χ2n) is 15.9. The number of nitrogens with zero attached hydrogens (tertiary/aromatic N) is 3. The van der Waals surface area contributed by atoms with E-state index in [1.54, 1.807) is 36.1 Å². The summed E-state index contributed by atoms with van der Waals surface area (Å²) in [6.07, 6.45) is 3.55. The third kappa shape index (κ3) is 9.41. The number of aliphatic hydroxyl groups excluding tert-OH is 1. The van der Waals surface area contributed by atoms with Crippen LogP contribution in [0.5, 0.6) is 0 Å². The highest BCUT2D eigenvalue weighted by atomic mass is 35.5. The first-order valence-electron chi connectivity index (χ1n) is 19.8. The summed E-state index contributed by atoms with van der Waals surface area (Å²) in [7, 11) is 0. The molecule has 0 aromatic heterocycles. The van der Waals surface area contributed by atoms with Crippen LogP contribution in [0, 0.1) is 12.8 Å². The summed E-state index contributed by atoms with van der Waals surface area (Å²) in [5.41, 5.74) is 1.39. The molecule has 3 aliphatic heterocycles. The molecule has 1 spiro atoms. The van der Waals surface area contributed by atoms with Crippen molar-refractivity contribution in [3.8, 4) is 0 Å². The van der Waals surface area contributed by atoms with Crippen LogP contribution in [-0.4, -0.2) is 123 Å². The number of Topliss-reactive ketones (excluding diaryl/α,β-unsaturated/α-hetero) is 1. The Morgan fingerprint density at radius 1 is 0.895 bits per heavy atom. The maximum atomic E-state index is 14.2. The van der Waals surface area contributed by atoms with Crippen LogP contribution in [-0.2, 0) is 35.2 Å². The van der Waals surface area contributed by atoms with Gasteiger partial charge in [0.25, 0.3) is 0 Å². The van der Waals surface area contributed by atoms with Gasteiger partial charge in [-0.2, -0.15) is 0 Å². The van der Waals surface area contributed by atoms with E-state index in [1.807, 2.05) is 38.1 Å². The Morgan fingerprint density at radius 3 is 2.28 bits per heavy atom. The molecule has 16 heteroatoms. The smallest absolute Gasteiger partial charge is 0.319 e. The molecule has 5 N–H and O–H groups in total. The van der Waals surface area contributed by atoms with Crippen LogP contribution < -0.4 is 21.3 Å². The van der Waals surface area contributed by atoms with Gasteiger partial charge in [0, 0.05) is 43.2 Å². The highest BCUT2D eigenvalue weighted by Crippen LogP contribution is 2.48. The molecule has 3 heterocycles. The van der Waals surface area contributed by atoms with E-state index in [1.165, 1.54) is 9.80 Å². The number of ketones is 1. The molecular formula is C41H52ClN7O8. The minimum absolute atomic E-state index is 0.0397. The molecule has 2 aromatic carbocycles. The molecule has 7 amide bonds. The third-order valence-electron chi connectivity index (χ3n) is 11.5. The van der Waals surface area contributed by atoms with Crippen molar-refractivity contribution in [3.63, 3.8) is 0 Å². The number of aliphatic hydroxyl groups is 1. The zero-order valence-electron chi connectivity index (χ0n) is 32.6. The van der Waals surface area contributed by atoms with Gasteiger partial charge in [-0.05, 0) is 88.1 Å². The van der Waals surface area contributed by atoms with Crippen molar-refractivity contribution >= 4 is 58.6 Å². The van der Waals surface area contributed by atoms with Gasteiger partial charge in [-0.25, -0.2) is 4.79 Å². The van der Waals surface area contributed by atoms with Crippen molar-refractivity contribution in [3.05, 3.63) is 64.7 Å². The number of rotatable bonds is 12. The van der Waals surface area contributed by atoms with E-state index in [2.05, 4.69) is 21.3 Å². The first kappa shape index (κ1) is 41.6. The zero-order valence-corrected chi connectivity index (χ0v) is 33.3.